The van der Waals surface area contributed by atoms with E-state index in [9.17, 15) is 9.59 Å². The van der Waals surface area contributed by atoms with Crippen molar-refractivity contribution >= 4 is 12.0 Å². The first kappa shape index (κ1) is 12.8. The standard InChI is InChI=1S/C7H12N6O4/c1-3(14)5(6(15)16)9-7(17)8-2-4-10-12-13-11-4/h3,5,14H,2H2,1H3,(H,15,16)(H2,8,9,17)(H,10,11,12,13). The molecule has 2 unspecified atom stereocenters. The van der Waals surface area contributed by atoms with Gasteiger partial charge in [-0.15, -0.1) is 10.2 Å². The minimum Gasteiger partial charge on any atom is -0.480 e. The smallest absolute Gasteiger partial charge is 0.328 e. The summed E-state index contributed by atoms with van der Waals surface area (Å²) in [5.41, 5.74) is 0. The minimum atomic E-state index is -1.37. The number of carboxylic acid groups (broad SMARTS) is 1. The molecule has 0 saturated carbocycles. The number of nitrogens with one attached hydrogen (secondary N) is 3. The summed E-state index contributed by atoms with van der Waals surface area (Å²) in [5, 5.41) is 34.9. The van der Waals surface area contributed by atoms with Crippen LogP contribution in [0.3, 0.4) is 0 Å². The fraction of sp³-hybridized carbons (Fsp3) is 0.571. The third-order valence-corrected chi connectivity index (χ3v) is 1.83. The van der Waals surface area contributed by atoms with E-state index in [1.165, 1.54) is 6.92 Å². The summed E-state index contributed by atoms with van der Waals surface area (Å²) < 4.78 is 0. The maximum Gasteiger partial charge on any atom is 0.328 e. The number of aliphatic hydroxyl groups excluding tert-OH is 1. The van der Waals surface area contributed by atoms with Crippen molar-refractivity contribution in [2.45, 2.75) is 25.6 Å². The Bertz CT molecular complexity index is 378. The molecule has 1 rings (SSSR count). The number of carboxylic acids is 1. The van der Waals surface area contributed by atoms with Crippen LogP contribution in [-0.4, -0.2) is 55.0 Å². The highest BCUT2D eigenvalue weighted by Gasteiger charge is 2.24. The van der Waals surface area contributed by atoms with Crippen LogP contribution in [0.25, 0.3) is 0 Å². The van der Waals surface area contributed by atoms with Crippen LogP contribution >= 0.6 is 0 Å². The molecular formula is C7H12N6O4. The number of carbonyl (C=O) groups excluding carboxylic acids is 1. The van der Waals surface area contributed by atoms with Crippen LogP contribution in [-0.2, 0) is 11.3 Å². The molecule has 0 aliphatic rings. The van der Waals surface area contributed by atoms with E-state index in [0.717, 1.165) is 0 Å². The van der Waals surface area contributed by atoms with Gasteiger partial charge in [-0.2, -0.15) is 5.21 Å². The van der Waals surface area contributed by atoms with Gasteiger partial charge in [-0.3, -0.25) is 0 Å². The molecule has 2 atom stereocenters. The zero-order valence-corrected chi connectivity index (χ0v) is 8.91. The lowest BCUT2D eigenvalue weighted by Gasteiger charge is -2.16. The monoisotopic (exact) mass is 244 g/mol. The molecule has 1 heterocycles. The zero-order valence-electron chi connectivity index (χ0n) is 8.91. The number of aromatic nitrogens is 4. The normalized spacial score (nSPS) is 13.8. The molecule has 0 aliphatic carbocycles. The van der Waals surface area contributed by atoms with Crippen molar-refractivity contribution in [2.24, 2.45) is 0 Å². The van der Waals surface area contributed by atoms with Crippen LogP contribution in [0.15, 0.2) is 0 Å². The van der Waals surface area contributed by atoms with Gasteiger partial charge in [-0.05, 0) is 6.92 Å². The topological polar surface area (TPSA) is 153 Å². The van der Waals surface area contributed by atoms with Gasteiger partial charge in [0, 0.05) is 0 Å². The summed E-state index contributed by atoms with van der Waals surface area (Å²) in [6, 6.07) is -2.12. The van der Waals surface area contributed by atoms with Crippen LogP contribution in [0.5, 0.6) is 0 Å². The lowest BCUT2D eigenvalue weighted by atomic mass is 10.2. The molecular weight excluding hydrogens is 232 g/mol. The molecule has 0 bridgehead atoms. The third-order valence-electron chi connectivity index (χ3n) is 1.83. The number of rotatable bonds is 5. The van der Waals surface area contributed by atoms with Gasteiger partial charge in [-0.25, -0.2) is 9.59 Å². The van der Waals surface area contributed by atoms with E-state index in [1.807, 2.05) is 0 Å². The van der Waals surface area contributed by atoms with Crippen molar-refractivity contribution < 1.29 is 19.8 Å². The molecule has 10 nitrogen and oxygen atoms in total. The maximum absolute atomic E-state index is 11.3. The van der Waals surface area contributed by atoms with Crippen LogP contribution in [0, 0.1) is 0 Å². The minimum absolute atomic E-state index is 0.00547. The van der Waals surface area contributed by atoms with E-state index < -0.39 is 24.1 Å². The molecule has 0 spiro atoms. The van der Waals surface area contributed by atoms with Crippen LogP contribution < -0.4 is 10.6 Å². The number of aliphatic hydroxyl groups is 1. The number of amides is 2. The van der Waals surface area contributed by atoms with Gasteiger partial charge in [0.15, 0.2) is 11.9 Å². The first-order chi connectivity index (χ1) is 8.00. The Labute approximate surface area is 95.4 Å². The quantitative estimate of drug-likeness (QED) is 0.395. The number of hydrogen-bond donors (Lipinski definition) is 5. The van der Waals surface area contributed by atoms with E-state index in [4.69, 9.17) is 10.2 Å². The molecule has 1 aromatic rings. The first-order valence-electron chi connectivity index (χ1n) is 4.68. The number of aromatic amines is 1. The number of hydrogen-bond acceptors (Lipinski definition) is 6. The van der Waals surface area contributed by atoms with Gasteiger partial charge >= 0.3 is 12.0 Å². The van der Waals surface area contributed by atoms with Crippen LogP contribution in [0.2, 0.25) is 0 Å². The molecule has 94 valence electrons. The Morgan fingerprint density at radius 1 is 1.53 bits per heavy atom. The largest absolute Gasteiger partial charge is 0.480 e. The second kappa shape index (κ2) is 5.75. The summed E-state index contributed by atoms with van der Waals surface area (Å²) in [6.45, 7) is 1.26. The van der Waals surface area contributed by atoms with Crippen LogP contribution in [0.1, 0.15) is 12.7 Å². The Hall–Kier alpha value is -2.23. The average Bonchev–Trinajstić information content (AvgIpc) is 2.74. The Kier molecular flexibility index (Phi) is 4.34. The number of tetrazole rings is 1. The SMILES string of the molecule is CC(O)C(NC(=O)NCc1nn[nH]n1)C(=O)O. The maximum atomic E-state index is 11.3. The Balaban J connectivity index is 2.40. The lowest BCUT2D eigenvalue weighted by molar-refractivity contribution is -0.141. The molecule has 0 aromatic carbocycles. The predicted molar refractivity (Wildman–Crippen MR) is 52.7 cm³/mol. The van der Waals surface area contributed by atoms with E-state index in [2.05, 4.69) is 31.3 Å². The van der Waals surface area contributed by atoms with Crippen molar-refractivity contribution in [3.63, 3.8) is 0 Å². The average molecular weight is 244 g/mol. The van der Waals surface area contributed by atoms with Crippen molar-refractivity contribution in [1.29, 1.82) is 0 Å². The summed E-state index contributed by atoms with van der Waals surface area (Å²) in [5.74, 6) is -1.07. The predicted octanol–water partition coefficient (Wildman–Crippen LogP) is -2.17. The molecule has 5 N–H and O–H groups in total. The van der Waals surface area contributed by atoms with Gasteiger partial charge in [0.05, 0.1) is 12.6 Å². The highest BCUT2D eigenvalue weighted by atomic mass is 16.4. The van der Waals surface area contributed by atoms with E-state index in [0.29, 0.717) is 0 Å². The van der Waals surface area contributed by atoms with E-state index >= 15 is 0 Å². The Morgan fingerprint density at radius 2 is 2.24 bits per heavy atom. The fourth-order valence-corrected chi connectivity index (χ4v) is 0.998. The van der Waals surface area contributed by atoms with Crippen molar-refractivity contribution in [1.82, 2.24) is 31.3 Å². The highest BCUT2D eigenvalue weighted by Crippen LogP contribution is 1.93. The third kappa shape index (κ3) is 4.03. The van der Waals surface area contributed by atoms with E-state index in [1.54, 1.807) is 0 Å². The number of urea groups is 1. The summed E-state index contributed by atoms with van der Waals surface area (Å²) in [4.78, 5) is 21.9. The molecule has 0 radical (unpaired) electrons. The fourth-order valence-electron chi connectivity index (χ4n) is 0.998. The summed E-state index contributed by atoms with van der Waals surface area (Å²) in [6.07, 6.45) is -1.21. The highest BCUT2D eigenvalue weighted by molar-refractivity contribution is 5.82. The number of aliphatic carboxylic acids is 1. The van der Waals surface area contributed by atoms with Crippen molar-refractivity contribution in [2.75, 3.05) is 0 Å². The molecule has 0 fully saturated rings. The number of H-pyrrole nitrogens is 1. The summed E-state index contributed by atoms with van der Waals surface area (Å²) in [7, 11) is 0. The molecule has 0 saturated heterocycles. The zero-order chi connectivity index (χ0) is 12.8. The van der Waals surface area contributed by atoms with Gasteiger partial charge < -0.3 is 20.8 Å². The molecule has 2 amide bonds. The molecule has 0 aliphatic heterocycles. The molecule has 1 aromatic heterocycles. The van der Waals surface area contributed by atoms with Gasteiger partial charge in [-0.1, -0.05) is 5.21 Å². The lowest BCUT2D eigenvalue weighted by Crippen LogP contribution is -2.51. The second-order valence-corrected chi connectivity index (χ2v) is 3.21. The Morgan fingerprint density at radius 3 is 2.71 bits per heavy atom. The van der Waals surface area contributed by atoms with Crippen molar-refractivity contribution in [3.05, 3.63) is 5.82 Å². The number of nitrogens with zero attached hydrogens (tertiary/aromatic N) is 3. The second-order valence-electron chi connectivity index (χ2n) is 3.21. The van der Waals surface area contributed by atoms with Crippen molar-refractivity contribution in [3.8, 4) is 0 Å². The first-order valence-corrected chi connectivity index (χ1v) is 4.68. The molecule has 17 heavy (non-hydrogen) atoms. The van der Waals surface area contributed by atoms with Gasteiger partial charge in [0.2, 0.25) is 0 Å². The van der Waals surface area contributed by atoms with E-state index in [-0.39, 0.29) is 12.4 Å². The molecule has 10 heteroatoms. The summed E-state index contributed by atoms with van der Waals surface area (Å²) >= 11 is 0. The van der Waals surface area contributed by atoms with Crippen LogP contribution in [0.4, 0.5) is 4.79 Å². The number of carbonyl (C=O) groups is 2. The van der Waals surface area contributed by atoms with Gasteiger partial charge in [0.25, 0.3) is 0 Å². The van der Waals surface area contributed by atoms with Gasteiger partial charge in [0.1, 0.15) is 0 Å².